The number of hydrogen-bond acceptors (Lipinski definition) is 1. The minimum absolute atomic E-state index is 0.0192. The summed E-state index contributed by atoms with van der Waals surface area (Å²) in [6, 6.07) is 0. The molecule has 0 radical (unpaired) electrons. The molecular weight excluding hydrogens is 218 g/mol. The van der Waals surface area contributed by atoms with Gasteiger partial charge in [-0.2, -0.15) is 0 Å². The van der Waals surface area contributed by atoms with E-state index in [0.29, 0.717) is 0 Å². The Morgan fingerprint density at radius 3 is 2.50 bits per heavy atom. The lowest BCUT2D eigenvalue weighted by Gasteiger charge is -2.08. The smallest absolute Gasteiger partial charge is 0.251 e. The van der Waals surface area contributed by atoms with Gasteiger partial charge in [0.05, 0.1) is 0 Å². The van der Waals surface area contributed by atoms with Gasteiger partial charge in [0.1, 0.15) is 0 Å². The molecule has 1 heterocycles. The van der Waals surface area contributed by atoms with Crippen LogP contribution in [0.25, 0.3) is 0 Å². The molecule has 1 aromatic rings. The standard InChI is InChI=1S/C9H12BrNO/c1-5(2)8-6(3)7(10)4-11-9(8)12/h4-5H,1-3H3,(H,11,12). The van der Waals surface area contributed by atoms with Crippen LogP contribution in [-0.4, -0.2) is 4.98 Å². The van der Waals surface area contributed by atoms with E-state index in [0.717, 1.165) is 15.6 Å². The van der Waals surface area contributed by atoms with E-state index in [2.05, 4.69) is 20.9 Å². The summed E-state index contributed by atoms with van der Waals surface area (Å²) in [5, 5.41) is 0. The van der Waals surface area contributed by atoms with Crippen molar-refractivity contribution in [3.63, 3.8) is 0 Å². The molecule has 0 saturated carbocycles. The van der Waals surface area contributed by atoms with Gasteiger partial charge in [-0.1, -0.05) is 13.8 Å². The van der Waals surface area contributed by atoms with Gasteiger partial charge in [0.2, 0.25) is 0 Å². The van der Waals surface area contributed by atoms with Crippen molar-refractivity contribution in [1.29, 1.82) is 0 Å². The Labute approximate surface area is 80.1 Å². The molecule has 0 spiro atoms. The topological polar surface area (TPSA) is 32.9 Å². The monoisotopic (exact) mass is 229 g/mol. The van der Waals surface area contributed by atoms with Crippen molar-refractivity contribution in [1.82, 2.24) is 4.98 Å². The molecule has 0 unspecified atom stereocenters. The molecule has 66 valence electrons. The predicted molar refractivity (Wildman–Crippen MR) is 53.6 cm³/mol. The molecule has 3 heteroatoms. The Morgan fingerprint density at radius 1 is 1.50 bits per heavy atom. The van der Waals surface area contributed by atoms with Crippen molar-refractivity contribution in [2.24, 2.45) is 0 Å². The zero-order valence-corrected chi connectivity index (χ0v) is 9.03. The molecule has 0 bridgehead atoms. The Balaban J connectivity index is 3.43. The highest BCUT2D eigenvalue weighted by Gasteiger charge is 2.09. The highest BCUT2D eigenvalue weighted by molar-refractivity contribution is 9.10. The summed E-state index contributed by atoms with van der Waals surface area (Å²) in [4.78, 5) is 14.0. The van der Waals surface area contributed by atoms with Crippen molar-refractivity contribution < 1.29 is 0 Å². The van der Waals surface area contributed by atoms with Crippen LogP contribution >= 0.6 is 15.9 Å². The zero-order valence-electron chi connectivity index (χ0n) is 7.44. The molecule has 1 rings (SSSR count). The summed E-state index contributed by atoms with van der Waals surface area (Å²) in [6.45, 7) is 5.99. The van der Waals surface area contributed by atoms with Crippen LogP contribution in [0.4, 0.5) is 0 Å². The number of halogens is 1. The second-order valence-corrected chi connectivity index (χ2v) is 4.01. The maximum absolute atomic E-state index is 11.4. The Morgan fingerprint density at radius 2 is 2.08 bits per heavy atom. The van der Waals surface area contributed by atoms with E-state index in [4.69, 9.17) is 0 Å². The fraction of sp³-hybridized carbons (Fsp3) is 0.444. The molecule has 1 aromatic heterocycles. The van der Waals surface area contributed by atoms with Crippen LogP contribution in [0.1, 0.15) is 30.9 Å². The summed E-state index contributed by atoms with van der Waals surface area (Å²) in [5.41, 5.74) is 1.92. The van der Waals surface area contributed by atoms with Crippen molar-refractivity contribution in [3.05, 3.63) is 32.2 Å². The molecule has 0 aliphatic heterocycles. The van der Waals surface area contributed by atoms with Gasteiger partial charge in [0.15, 0.2) is 0 Å². The second kappa shape index (κ2) is 3.44. The number of hydrogen-bond donors (Lipinski definition) is 1. The van der Waals surface area contributed by atoms with E-state index in [-0.39, 0.29) is 11.5 Å². The summed E-state index contributed by atoms with van der Waals surface area (Å²) >= 11 is 3.38. The molecule has 1 N–H and O–H groups in total. The molecule has 0 aliphatic rings. The molecule has 0 saturated heterocycles. The van der Waals surface area contributed by atoms with E-state index in [9.17, 15) is 4.79 Å². The minimum Gasteiger partial charge on any atom is -0.328 e. The van der Waals surface area contributed by atoms with Crippen LogP contribution in [-0.2, 0) is 0 Å². The molecule has 0 amide bonds. The first kappa shape index (κ1) is 9.52. The highest BCUT2D eigenvalue weighted by atomic mass is 79.9. The molecule has 0 aromatic carbocycles. The quantitative estimate of drug-likeness (QED) is 0.790. The van der Waals surface area contributed by atoms with Gasteiger partial charge >= 0.3 is 0 Å². The third-order valence-corrected chi connectivity index (χ3v) is 2.74. The van der Waals surface area contributed by atoms with Crippen LogP contribution < -0.4 is 5.56 Å². The van der Waals surface area contributed by atoms with Gasteiger partial charge in [0, 0.05) is 16.2 Å². The lowest BCUT2D eigenvalue weighted by Crippen LogP contribution is -2.15. The summed E-state index contributed by atoms with van der Waals surface area (Å²) in [7, 11) is 0. The van der Waals surface area contributed by atoms with Gasteiger partial charge in [0.25, 0.3) is 5.56 Å². The van der Waals surface area contributed by atoms with Crippen LogP contribution in [0.2, 0.25) is 0 Å². The van der Waals surface area contributed by atoms with Gasteiger partial charge in [-0.05, 0) is 34.3 Å². The first-order chi connectivity index (χ1) is 5.54. The first-order valence-corrected chi connectivity index (χ1v) is 4.71. The summed E-state index contributed by atoms with van der Waals surface area (Å²) in [5.74, 6) is 0.270. The predicted octanol–water partition coefficient (Wildman–Crippen LogP) is 2.57. The zero-order chi connectivity index (χ0) is 9.30. The Bertz CT molecular complexity index is 341. The number of pyridine rings is 1. The minimum atomic E-state index is 0.0192. The number of aromatic nitrogens is 1. The van der Waals surface area contributed by atoms with Crippen LogP contribution in [0, 0.1) is 6.92 Å². The van der Waals surface area contributed by atoms with Crippen molar-refractivity contribution in [3.8, 4) is 0 Å². The van der Waals surface area contributed by atoms with E-state index < -0.39 is 0 Å². The van der Waals surface area contributed by atoms with E-state index in [1.807, 2.05) is 20.8 Å². The lowest BCUT2D eigenvalue weighted by molar-refractivity contribution is 0.830. The third kappa shape index (κ3) is 1.61. The molecule has 2 nitrogen and oxygen atoms in total. The lowest BCUT2D eigenvalue weighted by atomic mass is 10.0. The van der Waals surface area contributed by atoms with Gasteiger partial charge < -0.3 is 4.98 Å². The first-order valence-electron chi connectivity index (χ1n) is 3.91. The summed E-state index contributed by atoms with van der Waals surface area (Å²) in [6.07, 6.45) is 1.68. The molecule has 0 fully saturated rings. The van der Waals surface area contributed by atoms with E-state index in [1.165, 1.54) is 0 Å². The number of H-pyrrole nitrogens is 1. The average molecular weight is 230 g/mol. The van der Waals surface area contributed by atoms with Crippen LogP contribution in [0.5, 0.6) is 0 Å². The van der Waals surface area contributed by atoms with E-state index in [1.54, 1.807) is 6.20 Å². The van der Waals surface area contributed by atoms with Gasteiger partial charge in [-0.25, -0.2) is 0 Å². The number of aromatic amines is 1. The molecule has 0 atom stereocenters. The van der Waals surface area contributed by atoms with Gasteiger partial charge in [-0.15, -0.1) is 0 Å². The van der Waals surface area contributed by atoms with Gasteiger partial charge in [-0.3, -0.25) is 4.79 Å². The molecular formula is C9H12BrNO. The van der Waals surface area contributed by atoms with E-state index >= 15 is 0 Å². The largest absolute Gasteiger partial charge is 0.328 e. The summed E-state index contributed by atoms with van der Waals surface area (Å²) < 4.78 is 0.964. The average Bonchev–Trinajstić information content (AvgIpc) is 1.97. The number of rotatable bonds is 1. The highest BCUT2D eigenvalue weighted by Crippen LogP contribution is 2.20. The SMILES string of the molecule is Cc1c(Br)c[nH]c(=O)c1C(C)C. The third-order valence-electron chi connectivity index (χ3n) is 1.91. The fourth-order valence-corrected chi connectivity index (χ4v) is 1.64. The number of nitrogens with one attached hydrogen (secondary N) is 1. The van der Waals surface area contributed by atoms with Crippen LogP contribution in [0.3, 0.4) is 0 Å². The van der Waals surface area contributed by atoms with Crippen LogP contribution in [0.15, 0.2) is 15.5 Å². The second-order valence-electron chi connectivity index (χ2n) is 3.16. The Hall–Kier alpha value is -0.570. The molecule has 12 heavy (non-hydrogen) atoms. The maximum Gasteiger partial charge on any atom is 0.251 e. The van der Waals surface area contributed by atoms with Crippen molar-refractivity contribution in [2.45, 2.75) is 26.7 Å². The maximum atomic E-state index is 11.4. The van der Waals surface area contributed by atoms with Crippen molar-refractivity contribution >= 4 is 15.9 Å². The van der Waals surface area contributed by atoms with Crippen molar-refractivity contribution in [2.75, 3.05) is 0 Å². The normalized spacial score (nSPS) is 10.8. The Kier molecular flexibility index (Phi) is 2.73. The fourth-order valence-electron chi connectivity index (χ4n) is 1.31. The molecule has 0 aliphatic carbocycles.